The first kappa shape index (κ1) is 28.4. The molecule has 3 rings (SSSR count). The van der Waals surface area contributed by atoms with E-state index in [9.17, 15) is 19.2 Å². The smallest absolute Gasteiger partial charge is 0.322 e. The molecule has 1 aromatic heterocycles. The first-order valence-corrected chi connectivity index (χ1v) is 12.6. The zero-order chi connectivity index (χ0) is 27.7. The van der Waals surface area contributed by atoms with E-state index in [2.05, 4.69) is 20.9 Å². The van der Waals surface area contributed by atoms with E-state index in [0.717, 1.165) is 22.0 Å². The van der Waals surface area contributed by atoms with Gasteiger partial charge in [-0.15, -0.1) is 0 Å². The number of benzene rings is 2. The number of hydrogen-bond donors (Lipinski definition) is 6. The molecule has 0 aliphatic rings. The number of carboxylic acid groups (broad SMARTS) is 1. The van der Waals surface area contributed by atoms with Gasteiger partial charge in [0.1, 0.15) is 18.6 Å². The number of hydrogen-bond acceptors (Lipinski definition) is 5. The average molecular weight is 522 g/mol. The number of carbonyl (C=O) groups excluding carboxylic acids is 3. The fraction of sp³-hybridized carbons (Fsp3) is 0.357. The molecule has 3 aromatic rings. The number of carbonyl (C=O) groups is 4. The van der Waals surface area contributed by atoms with Crippen LogP contribution in [0.15, 0.2) is 60.8 Å². The van der Waals surface area contributed by atoms with Gasteiger partial charge in [-0.25, -0.2) is 0 Å². The SMILES string of the molecule is CC(C)CC(NC(=O)C(N)Cc1c[nH]c2ccccc12)C(=O)NC(Cc1ccccc1)C(=O)NCC(=O)O. The Balaban J connectivity index is 1.71. The number of amides is 3. The van der Waals surface area contributed by atoms with Crippen LogP contribution in [0.2, 0.25) is 0 Å². The van der Waals surface area contributed by atoms with Crippen LogP contribution in [0.3, 0.4) is 0 Å². The Morgan fingerprint density at radius 1 is 0.868 bits per heavy atom. The predicted octanol–water partition coefficient (Wildman–Crippen LogP) is 1.50. The van der Waals surface area contributed by atoms with E-state index in [1.807, 2.05) is 50.4 Å². The third-order valence-corrected chi connectivity index (χ3v) is 6.12. The second-order valence-corrected chi connectivity index (χ2v) is 9.72. The van der Waals surface area contributed by atoms with Crippen molar-refractivity contribution >= 4 is 34.6 Å². The van der Waals surface area contributed by atoms with Crippen LogP contribution >= 0.6 is 0 Å². The summed E-state index contributed by atoms with van der Waals surface area (Å²) in [6, 6.07) is 13.9. The van der Waals surface area contributed by atoms with Crippen LogP contribution in [0.5, 0.6) is 0 Å². The third-order valence-electron chi connectivity index (χ3n) is 6.12. The van der Waals surface area contributed by atoms with Crippen molar-refractivity contribution in [2.75, 3.05) is 6.54 Å². The van der Waals surface area contributed by atoms with Crippen LogP contribution < -0.4 is 21.7 Å². The lowest BCUT2D eigenvalue weighted by atomic mass is 10.00. The molecule has 3 unspecified atom stereocenters. The van der Waals surface area contributed by atoms with Gasteiger partial charge in [0.25, 0.3) is 0 Å². The normalized spacial score (nSPS) is 13.5. The number of para-hydroxylation sites is 1. The van der Waals surface area contributed by atoms with Crippen molar-refractivity contribution in [1.82, 2.24) is 20.9 Å². The van der Waals surface area contributed by atoms with E-state index in [0.29, 0.717) is 6.42 Å². The molecule has 38 heavy (non-hydrogen) atoms. The minimum Gasteiger partial charge on any atom is -0.480 e. The van der Waals surface area contributed by atoms with Gasteiger partial charge in [-0.05, 0) is 36.0 Å². The molecular weight excluding hydrogens is 486 g/mol. The molecule has 2 aromatic carbocycles. The van der Waals surface area contributed by atoms with Crippen LogP contribution in [0.1, 0.15) is 31.4 Å². The molecule has 0 aliphatic carbocycles. The number of aromatic nitrogens is 1. The zero-order valence-electron chi connectivity index (χ0n) is 21.6. The maximum atomic E-state index is 13.3. The summed E-state index contributed by atoms with van der Waals surface area (Å²) in [5.41, 5.74) is 8.84. The van der Waals surface area contributed by atoms with Crippen molar-refractivity contribution < 1.29 is 24.3 Å². The fourth-order valence-corrected chi connectivity index (χ4v) is 4.23. The minimum absolute atomic E-state index is 0.0595. The zero-order valence-corrected chi connectivity index (χ0v) is 21.6. The minimum atomic E-state index is -1.20. The average Bonchev–Trinajstić information content (AvgIpc) is 3.29. The van der Waals surface area contributed by atoms with E-state index in [1.165, 1.54) is 0 Å². The molecule has 10 heteroatoms. The Bertz CT molecular complexity index is 1260. The van der Waals surface area contributed by atoms with E-state index < -0.39 is 48.4 Å². The molecule has 0 fully saturated rings. The summed E-state index contributed by atoms with van der Waals surface area (Å²) in [4.78, 5) is 53.2. The highest BCUT2D eigenvalue weighted by molar-refractivity contribution is 5.94. The van der Waals surface area contributed by atoms with Gasteiger partial charge in [0.05, 0.1) is 6.04 Å². The molecule has 1 heterocycles. The summed E-state index contributed by atoms with van der Waals surface area (Å²) in [5, 5.41) is 17.7. The maximum Gasteiger partial charge on any atom is 0.322 e. The van der Waals surface area contributed by atoms with Gasteiger partial charge < -0.3 is 31.8 Å². The molecular formula is C28H35N5O5. The van der Waals surface area contributed by atoms with Crippen LogP contribution in [0.4, 0.5) is 0 Å². The monoisotopic (exact) mass is 521 g/mol. The fourth-order valence-electron chi connectivity index (χ4n) is 4.23. The number of carboxylic acids is 1. The first-order chi connectivity index (χ1) is 18.1. The molecule has 10 nitrogen and oxygen atoms in total. The summed E-state index contributed by atoms with van der Waals surface area (Å²) in [7, 11) is 0. The summed E-state index contributed by atoms with van der Waals surface area (Å²) < 4.78 is 0. The lowest BCUT2D eigenvalue weighted by molar-refractivity contribution is -0.138. The first-order valence-electron chi connectivity index (χ1n) is 12.6. The molecule has 0 saturated heterocycles. The Kier molecular flexibility index (Phi) is 10.0. The molecule has 0 radical (unpaired) electrons. The molecule has 0 aliphatic heterocycles. The number of H-pyrrole nitrogens is 1. The van der Waals surface area contributed by atoms with Gasteiger partial charge in [-0.2, -0.15) is 0 Å². The Hall–Kier alpha value is -4.18. The number of rotatable bonds is 13. The van der Waals surface area contributed by atoms with Crippen molar-refractivity contribution in [3.63, 3.8) is 0 Å². The summed E-state index contributed by atoms with van der Waals surface area (Å²) in [5.74, 6) is -2.79. The van der Waals surface area contributed by atoms with Crippen molar-refractivity contribution in [1.29, 1.82) is 0 Å². The topological polar surface area (TPSA) is 166 Å². The highest BCUT2D eigenvalue weighted by Gasteiger charge is 2.29. The third kappa shape index (κ3) is 8.17. The highest BCUT2D eigenvalue weighted by Crippen LogP contribution is 2.19. The summed E-state index contributed by atoms with van der Waals surface area (Å²) >= 11 is 0. The van der Waals surface area contributed by atoms with Crippen LogP contribution in [-0.4, -0.2) is 58.5 Å². The lowest BCUT2D eigenvalue weighted by Crippen LogP contribution is -2.57. The summed E-state index contributed by atoms with van der Waals surface area (Å²) in [6.07, 6.45) is 2.58. The predicted molar refractivity (Wildman–Crippen MR) is 144 cm³/mol. The van der Waals surface area contributed by atoms with Crippen molar-refractivity contribution in [3.8, 4) is 0 Å². The molecule has 0 saturated carbocycles. The molecule has 3 amide bonds. The van der Waals surface area contributed by atoms with Crippen LogP contribution in [-0.2, 0) is 32.0 Å². The maximum absolute atomic E-state index is 13.3. The van der Waals surface area contributed by atoms with Gasteiger partial charge in [0, 0.05) is 23.5 Å². The number of aromatic amines is 1. The second-order valence-electron chi connectivity index (χ2n) is 9.72. The highest BCUT2D eigenvalue weighted by atomic mass is 16.4. The Morgan fingerprint density at radius 3 is 2.21 bits per heavy atom. The van der Waals surface area contributed by atoms with Crippen molar-refractivity contribution in [2.24, 2.45) is 11.7 Å². The number of fused-ring (bicyclic) bond motifs is 1. The van der Waals surface area contributed by atoms with E-state index in [4.69, 9.17) is 10.8 Å². The number of nitrogens with one attached hydrogen (secondary N) is 4. The Labute approximate surface area is 221 Å². The molecule has 0 spiro atoms. The van der Waals surface area contributed by atoms with Gasteiger partial charge in [0.2, 0.25) is 17.7 Å². The second kappa shape index (κ2) is 13.4. The molecule has 3 atom stereocenters. The molecule has 7 N–H and O–H groups in total. The van der Waals surface area contributed by atoms with Crippen molar-refractivity contribution in [3.05, 3.63) is 71.9 Å². The standard InChI is InChI=1S/C28H35N5O5/c1-17(2)12-23(32-26(36)21(29)14-19-15-30-22-11-7-6-10-20(19)22)28(38)33-24(27(37)31-16-25(34)35)13-18-8-4-3-5-9-18/h3-11,15,17,21,23-24,30H,12-14,16,29H2,1-2H3,(H,31,37)(H,32,36)(H,33,38)(H,34,35). The van der Waals surface area contributed by atoms with Gasteiger partial charge in [0.15, 0.2) is 0 Å². The van der Waals surface area contributed by atoms with Crippen LogP contribution in [0.25, 0.3) is 10.9 Å². The number of nitrogens with two attached hydrogens (primary N) is 1. The molecule has 0 bridgehead atoms. The number of aliphatic carboxylic acids is 1. The van der Waals surface area contributed by atoms with Gasteiger partial charge >= 0.3 is 5.97 Å². The Morgan fingerprint density at radius 2 is 1.53 bits per heavy atom. The van der Waals surface area contributed by atoms with Crippen molar-refractivity contribution in [2.45, 2.75) is 51.2 Å². The van der Waals surface area contributed by atoms with E-state index in [1.54, 1.807) is 24.3 Å². The van der Waals surface area contributed by atoms with Gasteiger partial charge in [-0.1, -0.05) is 62.4 Å². The lowest BCUT2D eigenvalue weighted by Gasteiger charge is -2.25. The van der Waals surface area contributed by atoms with Gasteiger partial charge in [-0.3, -0.25) is 19.2 Å². The van der Waals surface area contributed by atoms with E-state index >= 15 is 0 Å². The largest absolute Gasteiger partial charge is 0.480 e. The van der Waals surface area contributed by atoms with Crippen LogP contribution in [0, 0.1) is 5.92 Å². The quantitative estimate of drug-likeness (QED) is 0.199. The molecule has 202 valence electrons. The van der Waals surface area contributed by atoms with E-state index in [-0.39, 0.29) is 18.8 Å². The summed E-state index contributed by atoms with van der Waals surface area (Å²) in [6.45, 7) is 3.26.